The monoisotopic (exact) mass is 566 g/mol. The molecule has 5 atom stereocenters. The molecule has 0 spiro atoms. The molecule has 5 aromatic rings. The van der Waals surface area contributed by atoms with Gasteiger partial charge in [-0.25, -0.2) is 0 Å². The second-order valence-corrected chi connectivity index (χ2v) is 13.8. The Morgan fingerprint density at radius 2 is 1.25 bits per heavy atom. The summed E-state index contributed by atoms with van der Waals surface area (Å²) >= 11 is 7.49. The van der Waals surface area contributed by atoms with Crippen molar-refractivity contribution in [1.82, 2.24) is 0 Å². The zero-order valence-electron chi connectivity index (χ0n) is 19.0. The van der Waals surface area contributed by atoms with Crippen molar-refractivity contribution in [3.8, 4) is 0 Å². The number of thiophene rings is 5. The van der Waals surface area contributed by atoms with Crippen LogP contribution in [0.25, 0.3) is 0 Å². The van der Waals surface area contributed by atoms with Gasteiger partial charge in [-0.2, -0.15) is 0 Å². The van der Waals surface area contributed by atoms with Crippen molar-refractivity contribution in [3.63, 3.8) is 0 Å². The fourth-order valence-corrected chi connectivity index (χ4v) is 9.69. The zero-order valence-corrected chi connectivity index (χ0v) is 23.1. The Labute approximate surface area is 229 Å². The van der Waals surface area contributed by atoms with Gasteiger partial charge in [-0.15, -0.1) is 56.7 Å². The van der Waals surface area contributed by atoms with Crippen LogP contribution in [0.15, 0.2) is 87.6 Å². The molecule has 182 valence electrons. The molecule has 8 heteroatoms. The fraction of sp³-hybridized carbons (Fsp3) is 0.214. The smallest absolute Gasteiger partial charge is 0.179 e. The highest BCUT2D eigenvalue weighted by Gasteiger charge is 2.59. The second kappa shape index (κ2) is 9.93. The molecule has 1 fully saturated rings. The summed E-state index contributed by atoms with van der Waals surface area (Å²) < 4.78 is 0. The summed E-state index contributed by atoms with van der Waals surface area (Å²) in [5.74, 6) is -1.95. The first-order valence-corrected chi connectivity index (χ1v) is 16.0. The summed E-state index contributed by atoms with van der Waals surface area (Å²) in [5.41, 5.74) is -1.40. The third kappa shape index (κ3) is 4.10. The first kappa shape index (κ1) is 24.2. The minimum atomic E-state index is -1.40. The standard InChI is InChI=1S/C28H22O3S5/c29-26(20-8-3-13-34-20)23-17(18-6-1-11-32-18)16-28(31,22-10-5-15-36-22)25(24(23)19-7-2-12-33-19)27(30)21-9-4-14-35-21/h1-15,17,23-25,31H,16H2/t17-,23-,24+,25+,28-/m1/s1. The molecule has 1 aliphatic rings. The Hall–Kier alpha value is -2.20. The molecule has 6 rings (SSSR count). The van der Waals surface area contributed by atoms with Crippen LogP contribution in [0.3, 0.4) is 0 Å². The zero-order chi connectivity index (χ0) is 24.7. The number of rotatable bonds is 7. The minimum absolute atomic E-state index is 0.0546. The first-order chi connectivity index (χ1) is 17.6. The van der Waals surface area contributed by atoms with Crippen molar-refractivity contribution in [2.75, 3.05) is 0 Å². The number of hydrogen-bond acceptors (Lipinski definition) is 8. The van der Waals surface area contributed by atoms with E-state index in [-0.39, 0.29) is 17.5 Å². The lowest BCUT2D eigenvalue weighted by molar-refractivity contribution is -0.0653. The van der Waals surface area contributed by atoms with Gasteiger partial charge in [0.15, 0.2) is 11.6 Å². The predicted molar refractivity (Wildman–Crippen MR) is 151 cm³/mol. The summed E-state index contributed by atoms with van der Waals surface area (Å²) in [6, 6.07) is 19.4. The van der Waals surface area contributed by atoms with E-state index in [4.69, 9.17) is 0 Å². The molecule has 0 aliphatic heterocycles. The van der Waals surface area contributed by atoms with Crippen molar-refractivity contribution in [2.45, 2.75) is 23.9 Å². The molecule has 3 nitrogen and oxygen atoms in total. The van der Waals surface area contributed by atoms with Crippen LogP contribution < -0.4 is 0 Å². The maximum Gasteiger partial charge on any atom is 0.179 e. The molecule has 0 saturated heterocycles. The molecule has 36 heavy (non-hydrogen) atoms. The van der Waals surface area contributed by atoms with Gasteiger partial charge >= 0.3 is 0 Å². The van der Waals surface area contributed by atoms with Crippen molar-refractivity contribution >= 4 is 68.3 Å². The van der Waals surface area contributed by atoms with E-state index >= 15 is 0 Å². The Morgan fingerprint density at radius 3 is 1.81 bits per heavy atom. The molecule has 0 amide bonds. The molecular weight excluding hydrogens is 545 g/mol. The first-order valence-electron chi connectivity index (χ1n) is 11.6. The Balaban J connectivity index is 1.61. The highest BCUT2D eigenvalue weighted by Crippen LogP contribution is 2.60. The SMILES string of the molecule is O=C(c1cccs1)[C@H]1[C@H](c2cccs2)[C@@H](C(=O)c2cccs2)[C@](O)(c2cccs2)C[C@@H]1c1cccs1. The molecule has 5 heterocycles. The maximum absolute atomic E-state index is 14.3. The summed E-state index contributed by atoms with van der Waals surface area (Å²) in [6.07, 6.45) is 0.319. The molecule has 1 aliphatic carbocycles. The molecule has 5 aromatic heterocycles. The molecule has 1 N–H and O–H groups in total. The number of aliphatic hydroxyl groups is 1. The van der Waals surface area contributed by atoms with Crippen LogP contribution >= 0.6 is 56.7 Å². The van der Waals surface area contributed by atoms with Crippen LogP contribution in [0.4, 0.5) is 0 Å². The van der Waals surface area contributed by atoms with E-state index in [0.717, 1.165) is 14.6 Å². The average Bonchev–Trinajstić information content (AvgIpc) is 3.74. The fourth-order valence-electron chi connectivity index (χ4n) is 5.61. The van der Waals surface area contributed by atoms with E-state index in [2.05, 4.69) is 6.07 Å². The summed E-state index contributed by atoms with van der Waals surface area (Å²) in [5, 5.41) is 22.4. The normalized spacial score (nSPS) is 26.1. The van der Waals surface area contributed by atoms with E-state index in [0.29, 0.717) is 16.2 Å². The van der Waals surface area contributed by atoms with Crippen LogP contribution in [0.1, 0.15) is 52.2 Å². The molecule has 0 bridgehead atoms. The van der Waals surface area contributed by atoms with Crippen LogP contribution in [0.2, 0.25) is 0 Å². The van der Waals surface area contributed by atoms with E-state index in [9.17, 15) is 14.7 Å². The number of ketones is 2. The number of hydrogen-bond donors (Lipinski definition) is 1. The van der Waals surface area contributed by atoms with Gasteiger partial charge < -0.3 is 5.11 Å². The van der Waals surface area contributed by atoms with Gasteiger partial charge in [-0.1, -0.05) is 30.3 Å². The van der Waals surface area contributed by atoms with Crippen molar-refractivity contribution in [3.05, 3.63) is 112 Å². The summed E-state index contributed by atoms with van der Waals surface area (Å²) in [7, 11) is 0. The Bertz CT molecular complexity index is 1420. The molecule has 0 aromatic carbocycles. The van der Waals surface area contributed by atoms with Gasteiger partial charge in [0, 0.05) is 32.4 Å². The lowest BCUT2D eigenvalue weighted by Gasteiger charge is -2.50. The van der Waals surface area contributed by atoms with Crippen molar-refractivity contribution in [1.29, 1.82) is 0 Å². The molecule has 0 radical (unpaired) electrons. The van der Waals surface area contributed by atoms with Gasteiger partial charge in [-0.3, -0.25) is 9.59 Å². The number of Topliss-reactive ketones (excluding diaryl/α,β-unsaturated/α-hetero) is 2. The van der Waals surface area contributed by atoms with Crippen LogP contribution in [0, 0.1) is 11.8 Å². The summed E-state index contributed by atoms with van der Waals surface area (Å²) in [4.78, 5) is 32.7. The van der Waals surface area contributed by atoms with Gasteiger partial charge in [0.05, 0.1) is 15.7 Å². The predicted octanol–water partition coefficient (Wildman–Crippen LogP) is 8.15. The number of carbonyl (C=O) groups is 2. The van der Waals surface area contributed by atoms with E-state index < -0.39 is 23.4 Å². The molecular formula is C28H22O3S5. The molecule has 1 saturated carbocycles. The Morgan fingerprint density at radius 1 is 0.694 bits per heavy atom. The van der Waals surface area contributed by atoms with Crippen molar-refractivity contribution < 1.29 is 14.7 Å². The quantitative estimate of drug-likeness (QED) is 0.202. The van der Waals surface area contributed by atoms with Crippen LogP contribution in [-0.2, 0) is 5.60 Å². The highest BCUT2D eigenvalue weighted by molar-refractivity contribution is 7.13. The maximum atomic E-state index is 14.3. The lowest BCUT2D eigenvalue weighted by atomic mass is 9.56. The minimum Gasteiger partial charge on any atom is -0.384 e. The number of carbonyl (C=O) groups excluding carboxylic acids is 2. The van der Waals surface area contributed by atoms with Crippen LogP contribution in [-0.4, -0.2) is 16.7 Å². The third-order valence-corrected chi connectivity index (χ3v) is 11.8. The van der Waals surface area contributed by atoms with Gasteiger partial charge in [-0.05, 0) is 63.7 Å². The average molecular weight is 567 g/mol. The topological polar surface area (TPSA) is 54.4 Å². The van der Waals surface area contributed by atoms with Crippen molar-refractivity contribution in [2.24, 2.45) is 11.8 Å². The van der Waals surface area contributed by atoms with E-state index in [1.807, 2.05) is 81.5 Å². The van der Waals surface area contributed by atoms with E-state index in [1.54, 1.807) is 22.7 Å². The second-order valence-electron chi connectivity index (χ2n) is 8.96. The Kier molecular flexibility index (Phi) is 6.66. The summed E-state index contributed by atoms with van der Waals surface area (Å²) in [6.45, 7) is 0. The van der Waals surface area contributed by atoms with Crippen LogP contribution in [0.5, 0.6) is 0 Å². The third-order valence-electron chi connectivity index (χ3n) is 7.07. The van der Waals surface area contributed by atoms with Gasteiger partial charge in [0.25, 0.3) is 0 Å². The lowest BCUT2D eigenvalue weighted by Crippen LogP contribution is -2.52. The van der Waals surface area contributed by atoms with E-state index in [1.165, 1.54) is 34.0 Å². The largest absolute Gasteiger partial charge is 0.384 e. The molecule has 0 unspecified atom stereocenters. The van der Waals surface area contributed by atoms with Gasteiger partial charge in [0.1, 0.15) is 5.60 Å². The van der Waals surface area contributed by atoms with Gasteiger partial charge in [0.2, 0.25) is 0 Å². The highest BCUT2D eigenvalue weighted by atomic mass is 32.1.